The first-order valence-corrected chi connectivity index (χ1v) is 8.05. The van der Waals surface area contributed by atoms with Crippen LogP contribution in [0.1, 0.15) is 17.3 Å². The molecule has 0 fully saturated rings. The fourth-order valence-corrected chi connectivity index (χ4v) is 2.30. The SMILES string of the molecule is COc1cc(C(=O)O[C@@H](C)C(=O)Nc2c(F)cccc2F)c([N+](=O)[O-])cc1OC. The van der Waals surface area contributed by atoms with E-state index in [1.807, 2.05) is 5.32 Å². The highest BCUT2D eigenvalue weighted by Gasteiger charge is 2.29. The third-order valence-electron chi connectivity index (χ3n) is 3.78. The summed E-state index contributed by atoms with van der Waals surface area (Å²) in [6.45, 7) is 1.14. The minimum absolute atomic E-state index is 0.0107. The van der Waals surface area contributed by atoms with Crippen LogP contribution < -0.4 is 14.8 Å². The van der Waals surface area contributed by atoms with Crippen LogP contribution in [-0.2, 0) is 9.53 Å². The Kier molecular flexibility index (Phi) is 6.65. The number of nitro benzene ring substituents is 1. The van der Waals surface area contributed by atoms with Crippen LogP contribution in [0.2, 0.25) is 0 Å². The number of hydrogen-bond acceptors (Lipinski definition) is 7. The van der Waals surface area contributed by atoms with Crippen LogP contribution in [0.15, 0.2) is 30.3 Å². The van der Waals surface area contributed by atoms with Gasteiger partial charge in [-0.05, 0) is 19.1 Å². The smallest absolute Gasteiger partial charge is 0.346 e. The topological polar surface area (TPSA) is 117 Å². The average molecular weight is 410 g/mol. The second-order valence-corrected chi connectivity index (χ2v) is 5.61. The number of carbonyl (C=O) groups is 2. The first-order valence-electron chi connectivity index (χ1n) is 8.05. The number of carbonyl (C=O) groups excluding carboxylic acids is 2. The van der Waals surface area contributed by atoms with Crippen molar-refractivity contribution in [2.75, 3.05) is 19.5 Å². The van der Waals surface area contributed by atoms with E-state index < -0.39 is 51.5 Å². The van der Waals surface area contributed by atoms with E-state index >= 15 is 0 Å². The number of ether oxygens (including phenoxy) is 3. The summed E-state index contributed by atoms with van der Waals surface area (Å²) in [6, 6.07) is 4.97. The van der Waals surface area contributed by atoms with Gasteiger partial charge in [-0.25, -0.2) is 13.6 Å². The monoisotopic (exact) mass is 410 g/mol. The summed E-state index contributed by atoms with van der Waals surface area (Å²) in [4.78, 5) is 34.9. The Bertz CT molecular complexity index is 945. The Morgan fingerprint density at radius 1 is 1.10 bits per heavy atom. The Hall–Kier alpha value is -3.76. The Morgan fingerprint density at radius 2 is 1.66 bits per heavy atom. The molecule has 0 bridgehead atoms. The molecule has 0 aliphatic carbocycles. The van der Waals surface area contributed by atoms with Gasteiger partial charge < -0.3 is 19.5 Å². The molecule has 0 aliphatic rings. The Labute approximate surface area is 163 Å². The van der Waals surface area contributed by atoms with E-state index in [0.717, 1.165) is 37.3 Å². The second-order valence-electron chi connectivity index (χ2n) is 5.61. The van der Waals surface area contributed by atoms with Crippen molar-refractivity contribution in [3.63, 3.8) is 0 Å². The van der Waals surface area contributed by atoms with Crippen LogP contribution >= 0.6 is 0 Å². The summed E-state index contributed by atoms with van der Waals surface area (Å²) >= 11 is 0. The van der Waals surface area contributed by atoms with E-state index in [2.05, 4.69) is 0 Å². The summed E-state index contributed by atoms with van der Waals surface area (Å²) in [5, 5.41) is 13.2. The number of benzene rings is 2. The molecule has 9 nitrogen and oxygen atoms in total. The molecule has 2 aromatic carbocycles. The lowest BCUT2D eigenvalue weighted by Gasteiger charge is -2.15. The molecule has 0 radical (unpaired) electrons. The fourth-order valence-electron chi connectivity index (χ4n) is 2.30. The molecular weight excluding hydrogens is 394 g/mol. The normalized spacial score (nSPS) is 11.3. The lowest BCUT2D eigenvalue weighted by atomic mass is 10.1. The van der Waals surface area contributed by atoms with Crippen molar-refractivity contribution < 1.29 is 37.5 Å². The van der Waals surface area contributed by atoms with Crippen molar-refractivity contribution in [2.45, 2.75) is 13.0 Å². The molecule has 1 amide bonds. The van der Waals surface area contributed by atoms with Crippen LogP contribution in [0, 0.1) is 21.7 Å². The number of nitro groups is 1. The van der Waals surface area contributed by atoms with Crippen LogP contribution in [-0.4, -0.2) is 37.1 Å². The molecule has 1 atom stereocenters. The third kappa shape index (κ3) is 4.75. The van der Waals surface area contributed by atoms with Gasteiger partial charge in [0.1, 0.15) is 22.9 Å². The fraction of sp³-hybridized carbons (Fsp3) is 0.222. The molecule has 0 spiro atoms. The first kappa shape index (κ1) is 21.5. The van der Waals surface area contributed by atoms with Crippen molar-refractivity contribution in [1.82, 2.24) is 0 Å². The van der Waals surface area contributed by atoms with Gasteiger partial charge in [0.25, 0.3) is 11.6 Å². The molecule has 0 aliphatic heterocycles. The number of anilines is 1. The van der Waals surface area contributed by atoms with Gasteiger partial charge in [0, 0.05) is 6.07 Å². The summed E-state index contributed by atoms with van der Waals surface area (Å²) in [7, 11) is 2.52. The van der Waals surface area contributed by atoms with E-state index in [1.54, 1.807) is 0 Å². The molecule has 0 heterocycles. The molecule has 1 N–H and O–H groups in total. The van der Waals surface area contributed by atoms with Gasteiger partial charge in [-0.1, -0.05) is 6.07 Å². The van der Waals surface area contributed by atoms with Crippen molar-refractivity contribution in [1.29, 1.82) is 0 Å². The van der Waals surface area contributed by atoms with Gasteiger partial charge in [-0.2, -0.15) is 0 Å². The number of esters is 1. The highest BCUT2D eigenvalue weighted by molar-refractivity contribution is 5.99. The van der Waals surface area contributed by atoms with Gasteiger partial charge in [0.05, 0.1) is 25.2 Å². The molecule has 0 saturated heterocycles. The van der Waals surface area contributed by atoms with Gasteiger partial charge in [-0.15, -0.1) is 0 Å². The van der Waals surface area contributed by atoms with Crippen LogP contribution in [0.4, 0.5) is 20.2 Å². The van der Waals surface area contributed by atoms with Crippen LogP contribution in [0.5, 0.6) is 11.5 Å². The second kappa shape index (κ2) is 8.95. The molecule has 154 valence electrons. The van der Waals surface area contributed by atoms with Crippen LogP contribution in [0.3, 0.4) is 0 Å². The zero-order chi connectivity index (χ0) is 21.7. The average Bonchev–Trinajstić information content (AvgIpc) is 2.69. The lowest BCUT2D eigenvalue weighted by Crippen LogP contribution is -2.30. The standard InChI is InChI=1S/C18H16F2N2O7/c1-9(17(23)21-16-11(19)5-4-6-12(16)20)29-18(24)10-7-14(27-2)15(28-3)8-13(10)22(25)26/h4-9H,1-3H3,(H,21,23)/t9-/m0/s1. The number of para-hydroxylation sites is 1. The molecule has 0 unspecified atom stereocenters. The number of methoxy groups -OCH3 is 2. The van der Waals surface area contributed by atoms with E-state index in [1.165, 1.54) is 14.2 Å². The van der Waals surface area contributed by atoms with E-state index in [0.29, 0.717) is 0 Å². The van der Waals surface area contributed by atoms with E-state index in [-0.39, 0.29) is 11.5 Å². The number of hydrogen-bond donors (Lipinski definition) is 1. The number of halogens is 2. The molecule has 2 rings (SSSR count). The molecule has 11 heteroatoms. The van der Waals surface area contributed by atoms with Gasteiger partial charge in [-0.3, -0.25) is 14.9 Å². The highest BCUT2D eigenvalue weighted by Crippen LogP contribution is 2.35. The summed E-state index contributed by atoms with van der Waals surface area (Å²) in [5.41, 5.74) is -1.85. The number of rotatable bonds is 7. The highest BCUT2D eigenvalue weighted by atomic mass is 19.1. The first-order chi connectivity index (χ1) is 13.7. The molecule has 0 aromatic heterocycles. The predicted molar refractivity (Wildman–Crippen MR) is 96.1 cm³/mol. The van der Waals surface area contributed by atoms with Gasteiger partial charge >= 0.3 is 5.97 Å². The summed E-state index contributed by atoms with van der Waals surface area (Å²) in [5.74, 6) is -4.26. The predicted octanol–water partition coefficient (Wildman–Crippen LogP) is 3.07. The maximum atomic E-state index is 13.6. The van der Waals surface area contributed by atoms with Crippen molar-refractivity contribution in [3.8, 4) is 11.5 Å². The maximum Gasteiger partial charge on any atom is 0.346 e. The quantitative estimate of drug-likeness (QED) is 0.423. The number of amides is 1. The van der Waals surface area contributed by atoms with Crippen molar-refractivity contribution >= 4 is 23.3 Å². The largest absolute Gasteiger partial charge is 0.493 e. The maximum absolute atomic E-state index is 13.6. The minimum Gasteiger partial charge on any atom is -0.493 e. The van der Waals surface area contributed by atoms with Gasteiger partial charge in [0.15, 0.2) is 17.6 Å². The molecule has 0 saturated carbocycles. The minimum atomic E-state index is -1.52. The summed E-state index contributed by atoms with van der Waals surface area (Å²) < 4.78 is 42.1. The van der Waals surface area contributed by atoms with E-state index in [9.17, 15) is 28.5 Å². The Balaban J connectivity index is 2.24. The molecular formula is C18H16F2N2O7. The van der Waals surface area contributed by atoms with E-state index in [4.69, 9.17) is 14.2 Å². The molecule has 29 heavy (non-hydrogen) atoms. The molecule has 2 aromatic rings. The summed E-state index contributed by atoms with van der Waals surface area (Å²) in [6.07, 6.45) is -1.52. The lowest BCUT2D eigenvalue weighted by molar-refractivity contribution is -0.385. The zero-order valence-electron chi connectivity index (χ0n) is 15.5. The van der Waals surface area contributed by atoms with Crippen LogP contribution in [0.25, 0.3) is 0 Å². The van der Waals surface area contributed by atoms with Gasteiger partial charge in [0.2, 0.25) is 0 Å². The number of nitrogens with one attached hydrogen (secondary N) is 1. The Morgan fingerprint density at radius 3 is 2.17 bits per heavy atom. The zero-order valence-corrected chi connectivity index (χ0v) is 15.5. The van der Waals surface area contributed by atoms with Crippen molar-refractivity contribution in [2.24, 2.45) is 0 Å². The van der Waals surface area contributed by atoms with Crippen molar-refractivity contribution in [3.05, 3.63) is 57.6 Å². The third-order valence-corrected chi connectivity index (χ3v) is 3.78. The number of nitrogens with zero attached hydrogens (tertiary/aromatic N) is 1.